The molecule has 0 radical (unpaired) electrons. The van der Waals surface area contributed by atoms with E-state index >= 15 is 0 Å². The van der Waals surface area contributed by atoms with Crippen LogP contribution >= 0.6 is 0 Å². The van der Waals surface area contributed by atoms with Gasteiger partial charge in [0.25, 0.3) is 0 Å². The molecule has 0 aromatic heterocycles. The number of aliphatic hydroxyl groups excluding tert-OH is 1. The van der Waals surface area contributed by atoms with Crippen molar-refractivity contribution in [2.75, 3.05) is 25.6 Å². The molecule has 0 atom stereocenters. The van der Waals surface area contributed by atoms with Crippen LogP contribution in [-0.4, -0.2) is 31.3 Å². The van der Waals surface area contributed by atoms with Crippen LogP contribution in [0.2, 0.25) is 0 Å². The number of methoxy groups -OCH3 is 1. The van der Waals surface area contributed by atoms with E-state index < -0.39 is 0 Å². The van der Waals surface area contributed by atoms with Crippen LogP contribution in [0.3, 0.4) is 0 Å². The number of ether oxygens (including phenoxy) is 1. The normalized spacial score (nSPS) is 9.50. The molecule has 0 heterocycles. The average molecular weight is 247 g/mol. The Bertz CT molecular complexity index is 472. The van der Waals surface area contributed by atoms with Crippen LogP contribution in [0.25, 0.3) is 0 Å². The van der Waals surface area contributed by atoms with Crippen molar-refractivity contribution in [2.24, 2.45) is 0 Å². The van der Waals surface area contributed by atoms with Crippen molar-refractivity contribution < 1.29 is 14.6 Å². The second-order valence-corrected chi connectivity index (χ2v) is 3.78. The predicted molar refractivity (Wildman–Crippen MR) is 70.3 cm³/mol. The minimum absolute atomic E-state index is 0.0783. The van der Waals surface area contributed by atoms with Crippen molar-refractivity contribution in [2.45, 2.75) is 13.3 Å². The van der Waals surface area contributed by atoms with Crippen LogP contribution in [0.1, 0.15) is 17.5 Å². The lowest BCUT2D eigenvalue weighted by atomic mass is 10.1. The largest absolute Gasteiger partial charge is 0.384 e. The average Bonchev–Trinajstić information content (AvgIpc) is 2.35. The van der Waals surface area contributed by atoms with Crippen molar-refractivity contribution in [3.8, 4) is 11.8 Å². The summed E-state index contributed by atoms with van der Waals surface area (Å²) in [5.74, 6) is 5.36. The van der Waals surface area contributed by atoms with Gasteiger partial charge in [-0.25, -0.2) is 0 Å². The van der Waals surface area contributed by atoms with E-state index in [2.05, 4.69) is 17.2 Å². The maximum Gasteiger partial charge on any atom is 0.226 e. The van der Waals surface area contributed by atoms with E-state index in [-0.39, 0.29) is 12.5 Å². The number of rotatable bonds is 4. The van der Waals surface area contributed by atoms with Crippen molar-refractivity contribution in [3.63, 3.8) is 0 Å². The number of aliphatic hydroxyl groups is 1. The molecule has 0 bridgehead atoms. The van der Waals surface area contributed by atoms with Gasteiger partial charge in [-0.15, -0.1) is 0 Å². The Morgan fingerprint density at radius 3 is 2.89 bits per heavy atom. The van der Waals surface area contributed by atoms with Crippen LogP contribution in [-0.2, 0) is 9.53 Å². The zero-order chi connectivity index (χ0) is 13.4. The van der Waals surface area contributed by atoms with Crippen molar-refractivity contribution in [1.82, 2.24) is 0 Å². The van der Waals surface area contributed by atoms with Gasteiger partial charge in [0.15, 0.2) is 0 Å². The minimum Gasteiger partial charge on any atom is -0.384 e. The Kier molecular flexibility index (Phi) is 5.92. The molecule has 18 heavy (non-hydrogen) atoms. The van der Waals surface area contributed by atoms with Gasteiger partial charge in [-0.05, 0) is 30.7 Å². The highest BCUT2D eigenvalue weighted by Crippen LogP contribution is 2.14. The lowest BCUT2D eigenvalue weighted by molar-refractivity contribution is -0.117. The van der Waals surface area contributed by atoms with Gasteiger partial charge in [-0.1, -0.05) is 11.8 Å². The molecular formula is C14H17NO3. The molecule has 1 aromatic carbocycles. The summed E-state index contributed by atoms with van der Waals surface area (Å²) in [5, 5.41) is 11.4. The fourth-order valence-corrected chi connectivity index (χ4v) is 1.43. The first-order valence-corrected chi connectivity index (χ1v) is 5.66. The second-order valence-electron chi connectivity index (χ2n) is 3.78. The number of amides is 1. The highest BCUT2D eigenvalue weighted by molar-refractivity contribution is 5.90. The molecule has 2 N–H and O–H groups in total. The van der Waals surface area contributed by atoms with Crippen LogP contribution in [0.5, 0.6) is 0 Å². The quantitative estimate of drug-likeness (QED) is 0.789. The zero-order valence-corrected chi connectivity index (χ0v) is 10.6. The molecule has 0 aliphatic carbocycles. The molecule has 1 rings (SSSR count). The fourth-order valence-electron chi connectivity index (χ4n) is 1.43. The molecule has 96 valence electrons. The predicted octanol–water partition coefficient (Wildman–Crippen LogP) is 1.31. The van der Waals surface area contributed by atoms with Crippen molar-refractivity contribution in [1.29, 1.82) is 0 Å². The number of anilines is 1. The van der Waals surface area contributed by atoms with Gasteiger partial charge < -0.3 is 15.2 Å². The standard InChI is InChI=1S/C14H17NO3/c1-11-10-13(15-14(17)7-9-18-2)6-5-12(11)4-3-8-16/h5-6,10,16H,7-9H2,1-2H3,(H,15,17). The van der Waals surface area contributed by atoms with E-state index in [4.69, 9.17) is 9.84 Å². The molecule has 0 fully saturated rings. The third-order valence-electron chi connectivity index (χ3n) is 2.35. The number of aryl methyl sites for hydroxylation is 1. The number of carbonyl (C=O) groups excluding carboxylic acids is 1. The van der Waals surface area contributed by atoms with E-state index in [1.54, 1.807) is 13.2 Å². The molecule has 0 spiro atoms. The zero-order valence-electron chi connectivity index (χ0n) is 10.6. The molecule has 0 saturated heterocycles. The molecular weight excluding hydrogens is 230 g/mol. The monoisotopic (exact) mass is 247 g/mol. The molecule has 1 amide bonds. The van der Waals surface area contributed by atoms with Gasteiger partial charge in [0.05, 0.1) is 13.0 Å². The molecule has 0 aliphatic rings. The van der Waals surface area contributed by atoms with Crippen molar-refractivity contribution >= 4 is 11.6 Å². The summed E-state index contributed by atoms with van der Waals surface area (Å²) >= 11 is 0. The molecule has 0 aliphatic heterocycles. The first-order chi connectivity index (χ1) is 8.67. The topological polar surface area (TPSA) is 58.6 Å². The Morgan fingerprint density at radius 2 is 2.28 bits per heavy atom. The third kappa shape index (κ3) is 4.58. The van der Waals surface area contributed by atoms with Crippen LogP contribution in [0.4, 0.5) is 5.69 Å². The number of carbonyl (C=O) groups is 1. The molecule has 4 nitrogen and oxygen atoms in total. The summed E-state index contributed by atoms with van der Waals surface area (Å²) in [6.07, 6.45) is 0.335. The minimum atomic E-state index is -0.158. The fraction of sp³-hybridized carbons (Fsp3) is 0.357. The Hall–Kier alpha value is -1.83. The van der Waals surface area contributed by atoms with Crippen LogP contribution < -0.4 is 5.32 Å². The first kappa shape index (κ1) is 14.2. The van der Waals surface area contributed by atoms with Gasteiger partial charge >= 0.3 is 0 Å². The number of nitrogens with one attached hydrogen (secondary N) is 1. The first-order valence-electron chi connectivity index (χ1n) is 5.66. The molecule has 1 aromatic rings. The van der Waals surface area contributed by atoms with Gasteiger partial charge in [-0.3, -0.25) is 4.79 Å². The van der Waals surface area contributed by atoms with Gasteiger partial charge in [0.1, 0.15) is 6.61 Å². The number of hydrogen-bond acceptors (Lipinski definition) is 3. The van der Waals surface area contributed by atoms with E-state index in [1.165, 1.54) is 0 Å². The lowest BCUT2D eigenvalue weighted by Gasteiger charge is -2.07. The maximum atomic E-state index is 11.5. The summed E-state index contributed by atoms with van der Waals surface area (Å²) in [7, 11) is 1.56. The van der Waals surface area contributed by atoms with E-state index in [0.29, 0.717) is 13.0 Å². The Balaban J connectivity index is 2.69. The second kappa shape index (κ2) is 7.49. The van der Waals surface area contributed by atoms with Crippen molar-refractivity contribution in [3.05, 3.63) is 29.3 Å². The third-order valence-corrected chi connectivity index (χ3v) is 2.35. The summed E-state index contributed by atoms with van der Waals surface area (Å²) in [4.78, 5) is 11.5. The lowest BCUT2D eigenvalue weighted by Crippen LogP contribution is -2.13. The summed E-state index contributed by atoms with van der Waals surface area (Å²) in [5.41, 5.74) is 2.54. The van der Waals surface area contributed by atoms with E-state index in [1.807, 2.05) is 19.1 Å². The van der Waals surface area contributed by atoms with E-state index in [9.17, 15) is 4.79 Å². The summed E-state index contributed by atoms with van der Waals surface area (Å²) in [6.45, 7) is 2.16. The SMILES string of the molecule is COCCC(=O)Nc1ccc(C#CCO)c(C)c1. The van der Waals surface area contributed by atoms with E-state index in [0.717, 1.165) is 16.8 Å². The Labute approximate surface area is 107 Å². The summed E-state index contributed by atoms with van der Waals surface area (Å²) < 4.78 is 4.83. The summed E-state index contributed by atoms with van der Waals surface area (Å²) in [6, 6.07) is 5.47. The highest BCUT2D eigenvalue weighted by Gasteiger charge is 2.03. The highest BCUT2D eigenvalue weighted by atomic mass is 16.5. The van der Waals surface area contributed by atoms with Gasteiger partial charge in [0, 0.05) is 18.4 Å². The maximum absolute atomic E-state index is 11.5. The number of benzene rings is 1. The number of hydrogen-bond donors (Lipinski definition) is 2. The molecule has 0 saturated carbocycles. The smallest absolute Gasteiger partial charge is 0.226 e. The van der Waals surface area contributed by atoms with Crippen LogP contribution in [0.15, 0.2) is 18.2 Å². The molecule has 0 unspecified atom stereocenters. The van der Waals surface area contributed by atoms with Gasteiger partial charge in [-0.2, -0.15) is 0 Å². The molecule has 4 heteroatoms. The Morgan fingerprint density at radius 1 is 1.50 bits per heavy atom. The van der Waals surface area contributed by atoms with Crippen LogP contribution in [0, 0.1) is 18.8 Å². The van der Waals surface area contributed by atoms with Gasteiger partial charge in [0.2, 0.25) is 5.91 Å².